The van der Waals surface area contributed by atoms with Crippen molar-refractivity contribution in [3.05, 3.63) is 88.3 Å². The predicted molar refractivity (Wildman–Crippen MR) is 128 cm³/mol. The molecule has 3 N–H and O–H groups in total. The molecule has 35 heavy (non-hydrogen) atoms. The summed E-state index contributed by atoms with van der Waals surface area (Å²) in [7, 11) is 0. The van der Waals surface area contributed by atoms with Crippen molar-refractivity contribution in [1.29, 1.82) is 0 Å². The zero-order valence-corrected chi connectivity index (χ0v) is 18.4. The lowest BCUT2D eigenvalue weighted by atomic mass is 9.72. The third-order valence-corrected chi connectivity index (χ3v) is 6.81. The molecule has 0 unspecified atom stereocenters. The minimum atomic E-state index is -4.66. The van der Waals surface area contributed by atoms with E-state index in [1.807, 2.05) is 30.3 Å². The molecule has 0 saturated heterocycles. The maximum Gasteiger partial charge on any atom is 0.449 e. The smallest absolute Gasteiger partial charge is 0.449 e. The normalized spacial score (nSPS) is 15.4. The van der Waals surface area contributed by atoms with Gasteiger partial charge in [0.05, 0.1) is 16.5 Å². The van der Waals surface area contributed by atoms with Gasteiger partial charge in [0.2, 0.25) is 11.3 Å². The standard InChI is InChI=1S/C27H20F3N3O2/c28-27(29,30)25-32-19-12-11-18-22(34)20(15-7-9-17(10-8-15)26(31)13-4-14-26)23(16-5-2-1-3-6-16)35-24(18)21(19)33-25/h1-3,5-12H,4,13-14,31H2,(H,32,33). The number of rotatable bonds is 3. The Labute approximate surface area is 197 Å². The molecule has 1 aliphatic rings. The number of aromatic nitrogens is 2. The Morgan fingerprint density at radius 1 is 0.943 bits per heavy atom. The van der Waals surface area contributed by atoms with E-state index >= 15 is 0 Å². The molecule has 1 saturated carbocycles. The number of aromatic amines is 1. The van der Waals surface area contributed by atoms with E-state index in [0.717, 1.165) is 24.8 Å². The van der Waals surface area contributed by atoms with E-state index in [-0.39, 0.29) is 38.7 Å². The Balaban J connectivity index is 1.62. The van der Waals surface area contributed by atoms with Gasteiger partial charge in [-0.25, -0.2) is 4.98 Å². The number of halogens is 3. The number of hydrogen-bond donors (Lipinski definition) is 2. The van der Waals surface area contributed by atoms with Crippen LogP contribution in [0, 0.1) is 0 Å². The molecular formula is C27H20F3N3O2. The first kappa shape index (κ1) is 21.6. The quantitative estimate of drug-likeness (QED) is 0.318. The summed E-state index contributed by atoms with van der Waals surface area (Å²) in [6.07, 6.45) is -1.74. The third kappa shape index (κ3) is 3.44. The summed E-state index contributed by atoms with van der Waals surface area (Å²) in [6.45, 7) is 0. The molecule has 2 heterocycles. The van der Waals surface area contributed by atoms with Crippen LogP contribution in [0.2, 0.25) is 0 Å². The second kappa shape index (κ2) is 7.55. The first-order chi connectivity index (χ1) is 16.7. The van der Waals surface area contributed by atoms with Crippen molar-refractivity contribution in [3.63, 3.8) is 0 Å². The number of nitrogens with one attached hydrogen (secondary N) is 1. The molecule has 176 valence electrons. The summed E-state index contributed by atoms with van der Waals surface area (Å²) in [5, 5.41) is 0.169. The lowest BCUT2D eigenvalue weighted by molar-refractivity contribution is -0.144. The molecule has 2 aromatic heterocycles. The zero-order valence-electron chi connectivity index (χ0n) is 18.4. The van der Waals surface area contributed by atoms with E-state index in [9.17, 15) is 18.0 Å². The summed E-state index contributed by atoms with van der Waals surface area (Å²) >= 11 is 0. The fourth-order valence-corrected chi connectivity index (χ4v) is 4.73. The summed E-state index contributed by atoms with van der Waals surface area (Å²) < 4.78 is 46.1. The van der Waals surface area contributed by atoms with Gasteiger partial charge >= 0.3 is 6.18 Å². The molecule has 0 atom stereocenters. The van der Waals surface area contributed by atoms with Crippen molar-refractivity contribution in [2.45, 2.75) is 31.0 Å². The number of fused-ring (bicyclic) bond motifs is 3. The molecule has 3 aromatic carbocycles. The van der Waals surface area contributed by atoms with Crippen LogP contribution >= 0.6 is 0 Å². The minimum Gasteiger partial charge on any atom is -0.453 e. The van der Waals surface area contributed by atoms with Crippen molar-refractivity contribution in [1.82, 2.24) is 9.97 Å². The Morgan fingerprint density at radius 3 is 2.29 bits per heavy atom. The number of benzene rings is 3. The SMILES string of the molecule is NC1(c2ccc(-c3c(-c4ccccc4)oc4c(ccc5nc(C(F)(F)F)[nH]c54)c3=O)cc2)CCC1. The highest BCUT2D eigenvalue weighted by Crippen LogP contribution is 2.40. The van der Waals surface area contributed by atoms with Crippen molar-refractivity contribution >= 4 is 22.0 Å². The van der Waals surface area contributed by atoms with Crippen LogP contribution in [-0.4, -0.2) is 9.97 Å². The Bertz CT molecular complexity index is 1630. The summed E-state index contributed by atoms with van der Waals surface area (Å²) in [6, 6.07) is 19.4. The Morgan fingerprint density at radius 2 is 1.66 bits per heavy atom. The van der Waals surface area contributed by atoms with E-state index in [2.05, 4.69) is 9.97 Å². The highest BCUT2D eigenvalue weighted by Gasteiger charge is 2.36. The number of imidazole rings is 1. The van der Waals surface area contributed by atoms with Crippen LogP contribution in [0.15, 0.2) is 75.9 Å². The van der Waals surface area contributed by atoms with Gasteiger partial charge < -0.3 is 15.1 Å². The van der Waals surface area contributed by atoms with Crippen molar-refractivity contribution < 1.29 is 17.6 Å². The van der Waals surface area contributed by atoms with Crippen molar-refractivity contribution in [2.24, 2.45) is 5.73 Å². The average molecular weight is 475 g/mol. The van der Waals surface area contributed by atoms with Crippen molar-refractivity contribution in [3.8, 4) is 22.5 Å². The Hall–Kier alpha value is -3.91. The van der Waals surface area contributed by atoms with Gasteiger partial charge in [-0.1, -0.05) is 54.6 Å². The number of alkyl halides is 3. The average Bonchev–Trinajstić information content (AvgIpc) is 3.29. The molecule has 0 bridgehead atoms. The molecule has 0 spiro atoms. The van der Waals surface area contributed by atoms with Crippen LogP contribution in [0.1, 0.15) is 30.7 Å². The highest BCUT2D eigenvalue weighted by molar-refractivity contribution is 6.02. The molecule has 0 aliphatic heterocycles. The van der Waals surface area contributed by atoms with E-state index in [1.54, 1.807) is 24.3 Å². The number of H-pyrrole nitrogens is 1. The van der Waals surface area contributed by atoms with Gasteiger partial charge in [-0.2, -0.15) is 13.2 Å². The van der Waals surface area contributed by atoms with Gasteiger partial charge in [0, 0.05) is 11.1 Å². The first-order valence-electron chi connectivity index (χ1n) is 11.3. The van der Waals surface area contributed by atoms with Crippen LogP contribution in [0.5, 0.6) is 0 Å². The second-order valence-electron chi connectivity index (χ2n) is 9.01. The van der Waals surface area contributed by atoms with Gasteiger partial charge in [-0.15, -0.1) is 0 Å². The topological polar surface area (TPSA) is 84.9 Å². The number of hydrogen-bond acceptors (Lipinski definition) is 4. The maximum atomic E-state index is 13.8. The maximum absolute atomic E-state index is 13.8. The summed E-state index contributed by atoms with van der Waals surface area (Å²) in [4.78, 5) is 19.7. The molecule has 1 aliphatic carbocycles. The van der Waals surface area contributed by atoms with E-state index < -0.39 is 12.0 Å². The third-order valence-electron chi connectivity index (χ3n) is 6.81. The fraction of sp³-hybridized carbons (Fsp3) is 0.185. The monoisotopic (exact) mass is 475 g/mol. The largest absolute Gasteiger partial charge is 0.453 e. The van der Waals surface area contributed by atoms with Gasteiger partial charge in [0.25, 0.3) is 0 Å². The van der Waals surface area contributed by atoms with E-state index in [1.165, 1.54) is 12.1 Å². The molecule has 1 fully saturated rings. The molecule has 8 heteroatoms. The zero-order chi connectivity index (χ0) is 24.4. The van der Waals surface area contributed by atoms with Gasteiger partial charge in [0.15, 0.2) is 5.58 Å². The van der Waals surface area contributed by atoms with Crippen LogP contribution in [0.4, 0.5) is 13.2 Å². The van der Waals surface area contributed by atoms with Gasteiger partial charge in [-0.05, 0) is 42.5 Å². The van der Waals surface area contributed by atoms with Gasteiger partial charge in [0.1, 0.15) is 11.3 Å². The molecule has 5 aromatic rings. The van der Waals surface area contributed by atoms with Crippen molar-refractivity contribution in [2.75, 3.05) is 0 Å². The van der Waals surface area contributed by atoms with Crippen LogP contribution in [0.25, 0.3) is 44.5 Å². The van der Waals surface area contributed by atoms with Crippen LogP contribution in [0.3, 0.4) is 0 Å². The Kier molecular flexibility index (Phi) is 4.66. The molecule has 5 nitrogen and oxygen atoms in total. The molecule has 0 amide bonds. The van der Waals surface area contributed by atoms with Gasteiger partial charge in [-0.3, -0.25) is 4.79 Å². The molecule has 6 rings (SSSR count). The fourth-order valence-electron chi connectivity index (χ4n) is 4.73. The van der Waals surface area contributed by atoms with E-state index in [4.69, 9.17) is 10.2 Å². The lowest BCUT2D eigenvalue weighted by Crippen LogP contribution is -2.43. The first-order valence-corrected chi connectivity index (χ1v) is 11.3. The predicted octanol–water partition coefficient (Wildman–Crippen LogP) is 6.36. The molecule has 0 radical (unpaired) electrons. The highest BCUT2D eigenvalue weighted by atomic mass is 19.4. The molecular weight excluding hydrogens is 455 g/mol. The number of nitrogens with two attached hydrogens (primary N) is 1. The van der Waals surface area contributed by atoms with Crippen LogP contribution in [-0.2, 0) is 11.7 Å². The van der Waals surface area contributed by atoms with E-state index in [0.29, 0.717) is 16.7 Å². The lowest BCUT2D eigenvalue weighted by Gasteiger charge is -2.38. The summed E-state index contributed by atoms with van der Waals surface area (Å²) in [5.74, 6) is -0.868. The number of nitrogens with zero attached hydrogens (tertiary/aromatic N) is 1. The van der Waals surface area contributed by atoms with Crippen LogP contribution < -0.4 is 11.2 Å². The summed E-state index contributed by atoms with van der Waals surface area (Å²) in [5.41, 5.74) is 8.53. The minimum absolute atomic E-state index is 0.0288. The second-order valence-corrected chi connectivity index (χ2v) is 9.01.